The van der Waals surface area contributed by atoms with Crippen LogP contribution in [0.5, 0.6) is 0 Å². The Bertz CT molecular complexity index is 1390. The third-order valence-electron chi connectivity index (χ3n) is 4.88. The second-order valence-electron chi connectivity index (χ2n) is 7.57. The summed E-state index contributed by atoms with van der Waals surface area (Å²) in [6.45, 7) is 4.00. The van der Waals surface area contributed by atoms with Crippen LogP contribution < -0.4 is 9.80 Å². The van der Waals surface area contributed by atoms with E-state index in [-0.39, 0.29) is 0 Å². The smallest absolute Gasteiger partial charge is 0.219 e. The van der Waals surface area contributed by atoms with E-state index >= 15 is 0 Å². The van der Waals surface area contributed by atoms with Gasteiger partial charge in [-0.2, -0.15) is 0 Å². The van der Waals surface area contributed by atoms with Crippen LogP contribution in [0.2, 0.25) is 10.0 Å². The van der Waals surface area contributed by atoms with Crippen LogP contribution in [-0.4, -0.2) is 12.8 Å². The standard InChI is InChI=1S/C28H18Cl2N2O2S4/c1-19-15-35-27(37-19)25(31(17-33)23-11-7-21(29)8-12-23)5-3-4-6-26(28-36-16-20(2)38-28)32(18-34)24-13-9-22(30)10-14-24/h7-18H,1-2H3/b27-25-,28-26+. The van der Waals surface area contributed by atoms with E-state index in [4.69, 9.17) is 23.2 Å². The molecule has 2 aromatic carbocycles. The third kappa shape index (κ3) is 7.09. The van der Waals surface area contributed by atoms with Gasteiger partial charge < -0.3 is 0 Å². The lowest BCUT2D eigenvalue weighted by Gasteiger charge is -2.19. The van der Waals surface area contributed by atoms with Gasteiger partial charge in [-0.1, -0.05) is 70.2 Å². The van der Waals surface area contributed by atoms with E-state index in [0.29, 0.717) is 32.8 Å². The molecule has 0 aliphatic carbocycles. The summed E-state index contributed by atoms with van der Waals surface area (Å²) in [6, 6.07) is 13.9. The number of carbonyl (C=O) groups is 2. The molecule has 0 bridgehead atoms. The molecule has 2 amide bonds. The summed E-state index contributed by atoms with van der Waals surface area (Å²) in [7, 11) is 0. The van der Waals surface area contributed by atoms with E-state index in [1.165, 1.54) is 33.3 Å². The van der Waals surface area contributed by atoms with Crippen molar-refractivity contribution in [1.29, 1.82) is 0 Å². The molecule has 0 unspecified atom stereocenters. The summed E-state index contributed by atoms with van der Waals surface area (Å²) in [5.41, 5.74) is 2.30. The summed E-state index contributed by atoms with van der Waals surface area (Å²) in [5, 5.41) is 5.17. The van der Waals surface area contributed by atoms with E-state index in [9.17, 15) is 9.59 Å². The Morgan fingerprint density at radius 3 is 1.34 bits per heavy atom. The highest BCUT2D eigenvalue weighted by Crippen LogP contribution is 2.47. The van der Waals surface area contributed by atoms with Crippen molar-refractivity contribution in [1.82, 2.24) is 0 Å². The summed E-state index contributed by atoms with van der Waals surface area (Å²) < 4.78 is 1.74. The van der Waals surface area contributed by atoms with Gasteiger partial charge in [0.1, 0.15) is 11.4 Å². The molecule has 10 heteroatoms. The first-order chi connectivity index (χ1) is 18.4. The number of hydrogen-bond acceptors (Lipinski definition) is 6. The van der Waals surface area contributed by atoms with Gasteiger partial charge in [0.25, 0.3) is 0 Å². The van der Waals surface area contributed by atoms with Crippen LogP contribution in [0.3, 0.4) is 0 Å². The fourth-order valence-corrected chi connectivity index (χ4v) is 7.69. The maximum atomic E-state index is 12.2. The largest absolute Gasteiger partial charge is 0.278 e. The van der Waals surface area contributed by atoms with E-state index in [1.54, 1.807) is 72.1 Å². The second-order valence-corrected chi connectivity index (χ2v) is 13.2. The highest BCUT2D eigenvalue weighted by Gasteiger charge is 2.21. The normalized spacial score (nSPS) is 16.7. The molecule has 4 rings (SSSR count). The molecule has 2 heterocycles. The molecule has 0 N–H and O–H groups in total. The summed E-state index contributed by atoms with van der Waals surface area (Å²) in [4.78, 5) is 29.5. The number of amides is 2. The zero-order chi connectivity index (χ0) is 27.1. The van der Waals surface area contributed by atoms with Crippen molar-refractivity contribution >= 4 is 94.4 Å². The number of allylic oxidation sites excluding steroid dienone is 4. The van der Waals surface area contributed by atoms with Crippen molar-refractivity contribution in [3.63, 3.8) is 0 Å². The molecule has 38 heavy (non-hydrogen) atoms. The first-order valence-electron chi connectivity index (χ1n) is 10.9. The lowest BCUT2D eigenvalue weighted by molar-refractivity contribution is -0.107. The molecule has 0 spiro atoms. The van der Waals surface area contributed by atoms with Crippen molar-refractivity contribution in [2.75, 3.05) is 9.80 Å². The zero-order valence-electron chi connectivity index (χ0n) is 20.0. The Morgan fingerprint density at radius 2 is 1.05 bits per heavy atom. The van der Waals surface area contributed by atoms with Crippen LogP contribution >= 0.6 is 70.2 Å². The minimum atomic E-state index is 0.515. The Balaban J connectivity index is 1.73. The number of carbonyl (C=O) groups excluding carboxylic acids is 2. The Morgan fingerprint density at radius 1 is 0.684 bits per heavy atom. The molecular formula is C28H18Cl2N2O2S4. The highest BCUT2D eigenvalue weighted by molar-refractivity contribution is 8.28. The first kappa shape index (κ1) is 28.4. The monoisotopic (exact) mass is 612 g/mol. The molecule has 2 aromatic rings. The van der Waals surface area contributed by atoms with E-state index in [0.717, 1.165) is 31.1 Å². The van der Waals surface area contributed by atoms with Crippen molar-refractivity contribution in [2.24, 2.45) is 0 Å². The van der Waals surface area contributed by atoms with Crippen LogP contribution in [0.15, 0.2) is 89.0 Å². The summed E-state index contributed by atoms with van der Waals surface area (Å²) >= 11 is 18.2. The predicted octanol–water partition coefficient (Wildman–Crippen LogP) is 8.65. The van der Waals surface area contributed by atoms with E-state index < -0.39 is 0 Å². The quantitative estimate of drug-likeness (QED) is 0.240. The maximum Gasteiger partial charge on any atom is 0.219 e. The topological polar surface area (TPSA) is 40.6 Å². The molecular weight excluding hydrogens is 595 g/mol. The number of rotatable bonds is 6. The second kappa shape index (κ2) is 13.5. The minimum absolute atomic E-state index is 0.515. The first-order valence-corrected chi connectivity index (χ1v) is 15.1. The molecule has 190 valence electrons. The van der Waals surface area contributed by atoms with Crippen LogP contribution in [0.25, 0.3) is 0 Å². The summed E-state index contributed by atoms with van der Waals surface area (Å²) in [5.74, 6) is 11.9. The molecule has 0 saturated carbocycles. The molecule has 0 saturated heterocycles. The number of halogens is 2. The van der Waals surface area contributed by atoms with Gasteiger partial charge >= 0.3 is 0 Å². The average Bonchev–Trinajstić information content (AvgIpc) is 3.55. The van der Waals surface area contributed by atoms with Crippen LogP contribution in [0.4, 0.5) is 11.4 Å². The Kier molecular flexibility index (Phi) is 10.1. The number of anilines is 2. The lowest BCUT2D eigenvalue weighted by atomic mass is 10.2. The zero-order valence-corrected chi connectivity index (χ0v) is 24.8. The fourth-order valence-electron chi connectivity index (χ4n) is 3.16. The molecule has 2 aliphatic heterocycles. The van der Waals surface area contributed by atoms with Crippen LogP contribution in [-0.2, 0) is 9.59 Å². The molecule has 2 aliphatic rings. The van der Waals surface area contributed by atoms with Gasteiger partial charge in [-0.3, -0.25) is 19.4 Å². The van der Waals surface area contributed by atoms with E-state index in [1.807, 2.05) is 24.7 Å². The van der Waals surface area contributed by atoms with Gasteiger partial charge in [0, 0.05) is 21.4 Å². The Hall–Kier alpha value is -2.56. The van der Waals surface area contributed by atoms with Crippen molar-refractivity contribution in [2.45, 2.75) is 13.8 Å². The Labute approximate surface area is 248 Å². The lowest BCUT2D eigenvalue weighted by Crippen LogP contribution is -2.20. The van der Waals surface area contributed by atoms with Gasteiger partial charge in [-0.05, 0) is 107 Å². The third-order valence-corrected chi connectivity index (χ3v) is 10.2. The van der Waals surface area contributed by atoms with Crippen LogP contribution in [0.1, 0.15) is 13.8 Å². The van der Waals surface area contributed by atoms with Gasteiger partial charge in [0.15, 0.2) is 0 Å². The molecule has 0 radical (unpaired) electrons. The SMILES string of the molecule is CC1=CS/C(=C(\C#CC#C/C(=C2/SC=C(C)S2)N(C=O)c2ccc(Cl)cc2)N(C=O)c2ccc(Cl)cc2)S1. The van der Waals surface area contributed by atoms with Crippen molar-refractivity contribution in [3.05, 3.63) is 99.1 Å². The molecule has 4 nitrogen and oxygen atoms in total. The van der Waals surface area contributed by atoms with Crippen LogP contribution in [0, 0.1) is 23.7 Å². The molecule has 0 atom stereocenters. The van der Waals surface area contributed by atoms with Gasteiger partial charge in [-0.15, -0.1) is 0 Å². The van der Waals surface area contributed by atoms with Gasteiger partial charge in [-0.25, -0.2) is 0 Å². The van der Waals surface area contributed by atoms with E-state index in [2.05, 4.69) is 23.7 Å². The molecule has 0 fully saturated rings. The highest BCUT2D eigenvalue weighted by atomic mass is 35.5. The minimum Gasteiger partial charge on any atom is -0.278 e. The number of thioether (sulfide) groups is 4. The van der Waals surface area contributed by atoms with Gasteiger partial charge in [0.05, 0.1) is 8.47 Å². The number of benzene rings is 2. The maximum absolute atomic E-state index is 12.2. The average molecular weight is 614 g/mol. The predicted molar refractivity (Wildman–Crippen MR) is 167 cm³/mol. The number of nitrogens with zero attached hydrogens (tertiary/aromatic N) is 2. The molecule has 0 aromatic heterocycles. The van der Waals surface area contributed by atoms with Crippen molar-refractivity contribution < 1.29 is 9.59 Å². The number of hydrogen-bond donors (Lipinski definition) is 0. The fraction of sp³-hybridized carbons (Fsp3) is 0.0714. The van der Waals surface area contributed by atoms with Gasteiger partial charge in [0.2, 0.25) is 12.8 Å². The summed E-state index contributed by atoms with van der Waals surface area (Å²) in [6.07, 6.45) is 1.45. The van der Waals surface area contributed by atoms with Crippen molar-refractivity contribution in [3.8, 4) is 23.7 Å².